The van der Waals surface area contributed by atoms with Crippen LogP contribution >= 0.6 is 0 Å². The van der Waals surface area contributed by atoms with E-state index in [0.29, 0.717) is 6.07 Å². The molecule has 10 heteroatoms. The fourth-order valence-electron chi connectivity index (χ4n) is 1.71. The Labute approximate surface area is 139 Å². The van der Waals surface area contributed by atoms with E-state index in [0.717, 1.165) is 6.07 Å². The maximum absolute atomic E-state index is 13.4. The number of hydrogen-bond donors (Lipinski definition) is 3. The molecule has 3 N–H and O–H groups in total. The Kier molecular flexibility index (Phi) is 5.77. The molecule has 0 radical (unpaired) electrons. The van der Waals surface area contributed by atoms with Crippen LogP contribution in [0.2, 0.25) is 0 Å². The number of benzene rings is 1. The molecular weight excluding hydrogens is 343 g/mol. The van der Waals surface area contributed by atoms with E-state index < -0.39 is 54.0 Å². The summed E-state index contributed by atoms with van der Waals surface area (Å²) >= 11 is 0. The highest BCUT2D eigenvalue weighted by atomic mass is 19.2. The SMILES string of the molecule is O=C(CNC(=O)c1ccoc1)NCC(=O)Nc1ccc(F)c(F)c1F. The molecule has 0 saturated heterocycles. The van der Waals surface area contributed by atoms with Crippen LogP contribution in [0.1, 0.15) is 10.4 Å². The van der Waals surface area contributed by atoms with Gasteiger partial charge in [0.05, 0.1) is 30.6 Å². The lowest BCUT2D eigenvalue weighted by Gasteiger charge is -2.09. The van der Waals surface area contributed by atoms with Crippen molar-refractivity contribution < 1.29 is 32.0 Å². The number of anilines is 1. The summed E-state index contributed by atoms with van der Waals surface area (Å²) in [5.41, 5.74) is -0.342. The first kappa shape index (κ1) is 18.0. The van der Waals surface area contributed by atoms with Crippen molar-refractivity contribution in [2.24, 2.45) is 0 Å². The zero-order valence-electron chi connectivity index (χ0n) is 12.6. The molecule has 3 amide bonds. The highest BCUT2D eigenvalue weighted by Gasteiger charge is 2.15. The smallest absolute Gasteiger partial charge is 0.254 e. The van der Waals surface area contributed by atoms with Crippen LogP contribution < -0.4 is 16.0 Å². The van der Waals surface area contributed by atoms with Gasteiger partial charge in [-0.3, -0.25) is 14.4 Å². The van der Waals surface area contributed by atoms with E-state index in [1.807, 2.05) is 5.32 Å². The predicted molar refractivity (Wildman–Crippen MR) is 79.0 cm³/mol. The Balaban J connectivity index is 1.77. The number of hydrogen-bond acceptors (Lipinski definition) is 4. The molecule has 0 aliphatic heterocycles. The summed E-state index contributed by atoms with van der Waals surface area (Å²) < 4.78 is 43.9. The average Bonchev–Trinajstić information content (AvgIpc) is 3.13. The minimum Gasteiger partial charge on any atom is -0.472 e. The number of furan rings is 1. The summed E-state index contributed by atoms with van der Waals surface area (Å²) in [6.45, 7) is -0.963. The molecule has 0 unspecified atom stereocenters. The van der Waals surface area contributed by atoms with Crippen LogP contribution in [0.15, 0.2) is 35.1 Å². The molecule has 0 fully saturated rings. The van der Waals surface area contributed by atoms with Gasteiger partial charge in [-0.1, -0.05) is 0 Å². The van der Waals surface area contributed by atoms with Crippen LogP contribution in [0, 0.1) is 17.5 Å². The van der Waals surface area contributed by atoms with Crippen LogP contribution in [0.3, 0.4) is 0 Å². The first-order valence-corrected chi connectivity index (χ1v) is 6.89. The Morgan fingerprint density at radius 1 is 0.920 bits per heavy atom. The molecule has 0 aliphatic carbocycles. The van der Waals surface area contributed by atoms with E-state index in [2.05, 4.69) is 10.6 Å². The number of halogens is 3. The maximum atomic E-state index is 13.4. The fraction of sp³-hybridized carbons (Fsp3) is 0.133. The second-order valence-electron chi connectivity index (χ2n) is 4.74. The summed E-state index contributed by atoms with van der Waals surface area (Å²) in [7, 11) is 0. The molecule has 1 heterocycles. The maximum Gasteiger partial charge on any atom is 0.254 e. The van der Waals surface area contributed by atoms with Gasteiger partial charge < -0.3 is 20.4 Å². The highest BCUT2D eigenvalue weighted by Crippen LogP contribution is 2.19. The van der Waals surface area contributed by atoms with Crippen molar-refractivity contribution in [3.63, 3.8) is 0 Å². The molecule has 7 nitrogen and oxygen atoms in total. The zero-order valence-corrected chi connectivity index (χ0v) is 12.6. The summed E-state index contributed by atoms with van der Waals surface area (Å²) in [5, 5.41) is 6.44. The van der Waals surface area contributed by atoms with Crippen LogP contribution in [0.25, 0.3) is 0 Å². The lowest BCUT2D eigenvalue weighted by Crippen LogP contribution is -2.40. The normalized spacial score (nSPS) is 10.2. The van der Waals surface area contributed by atoms with Crippen molar-refractivity contribution in [1.29, 1.82) is 0 Å². The fourth-order valence-corrected chi connectivity index (χ4v) is 1.71. The third-order valence-electron chi connectivity index (χ3n) is 2.95. The zero-order chi connectivity index (χ0) is 18.4. The van der Waals surface area contributed by atoms with E-state index in [9.17, 15) is 27.6 Å². The summed E-state index contributed by atoms with van der Waals surface area (Å²) in [4.78, 5) is 34.7. The molecule has 25 heavy (non-hydrogen) atoms. The van der Waals surface area contributed by atoms with Crippen molar-refractivity contribution >= 4 is 23.4 Å². The Bertz CT molecular complexity index is 794. The molecule has 2 rings (SSSR count). The van der Waals surface area contributed by atoms with E-state index >= 15 is 0 Å². The van der Waals surface area contributed by atoms with Gasteiger partial charge in [-0.05, 0) is 18.2 Å². The van der Waals surface area contributed by atoms with Gasteiger partial charge in [-0.15, -0.1) is 0 Å². The number of nitrogens with one attached hydrogen (secondary N) is 3. The number of carbonyl (C=O) groups is 3. The van der Waals surface area contributed by atoms with Crippen LogP contribution in [-0.2, 0) is 9.59 Å². The summed E-state index contributed by atoms with van der Waals surface area (Å²) in [6, 6.07) is 2.90. The van der Waals surface area contributed by atoms with Gasteiger partial charge in [0, 0.05) is 0 Å². The lowest BCUT2D eigenvalue weighted by atomic mass is 10.2. The van der Waals surface area contributed by atoms with Gasteiger partial charge in [-0.2, -0.15) is 0 Å². The van der Waals surface area contributed by atoms with Gasteiger partial charge in [0.2, 0.25) is 11.8 Å². The van der Waals surface area contributed by atoms with Crippen molar-refractivity contribution in [2.75, 3.05) is 18.4 Å². The van der Waals surface area contributed by atoms with Crippen LogP contribution in [0.5, 0.6) is 0 Å². The third-order valence-corrected chi connectivity index (χ3v) is 2.95. The van der Waals surface area contributed by atoms with E-state index in [-0.39, 0.29) is 5.56 Å². The van der Waals surface area contributed by atoms with Crippen molar-refractivity contribution in [3.05, 3.63) is 53.7 Å². The van der Waals surface area contributed by atoms with Crippen LogP contribution in [-0.4, -0.2) is 30.8 Å². The molecule has 0 saturated carbocycles. The van der Waals surface area contributed by atoms with Gasteiger partial charge in [-0.25, -0.2) is 13.2 Å². The first-order chi connectivity index (χ1) is 11.9. The standard InChI is InChI=1S/C15H12F3N3O4/c16-9-1-2-10(14(18)13(9)17)21-12(23)6-19-11(22)5-20-15(24)8-3-4-25-7-8/h1-4,7H,5-6H2,(H,19,22)(H,20,24)(H,21,23). The first-order valence-electron chi connectivity index (χ1n) is 6.89. The van der Waals surface area contributed by atoms with E-state index in [4.69, 9.17) is 4.42 Å². The monoisotopic (exact) mass is 355 g/mol. The quantitative estimate of drug-likeness (QED) is 0.678. The number of amides is 3. The van der Waals surface area contributed by atoms with Gasteiger partial charge in [0.25, 0.3) is 5.91 Å². The minimum absolute atomic E-state index is 0.222. The summed E-state index contributed by atoms with van der Waals surface area (Å²) in [5.74, 6) is -6.75. The minimum atomic E-state index is -1.72. The predicted octanol–water partition coefficient (Wildman–Crippen LogP) is 1.18. The van der Waals surface area contributed by atoms with Crippen LogP contribution in [0.4, 0.5) is 18.9 Å². The molecule has 0 aliphatic rings. The second-order valence-corrected chi connectivity index (χ2v) is 4.74. The van der Waals surface area contributed by atoms with Gasteiger partial charge in [0.15, 0.2) is 17.5 Å². The Morgan fingerprint density at radius 2 is 1.64 bits per heavy atom. The topological polar surface area (TPSA) is 100 Å². The Hall–Kier alpha value is -3.30. The number of carbonyl (C=O) groups excluding carboxylic acids is 3. The second kappa shape index (κ2) is 7.99. The van der Waals surface area contributed by atoms with E-state index in [1.165, 1.54) is 18.6 Å². The number of rotatable bonds is 6. The molecule has 132 valence electrons. The lowest BCUT2D eigenvalue weighted by molar-refractivity contribution is -0.123. The molecular formula is C15H12F3N3O4. The van der Waals surface area contributed by atoms with Gasteiger partial charge >= 0.3 is 0 Å². The largest absolute Gasteiger partial charge is 0.472 e. The molecule has 2 aromatic rings. The van der Waals surface area contributed by atoms with Gasteiger partial charge in [0.1, 0.15) is 6.26 Å². The molecule has 0 atom stereocenters. The van der Waals surface area contributed by atoms with Crippen molar-refractivity contribution in [1.82, 2.24) is 10.6 Å². The Morgan fingerprint density at radius 3 is 2.32 bits per heavy atom. The molecule has 1 aromatic heterocycles. The molecule has 0 bridgehead atoms. The highest BCUT2D eigenvalue weighted by molar-refractivity contribution is 5.97. The molecule has 1 aromatic carbocycles. The van der Waals surface area contributed by atoms with Crippen molar-refractivity contribution in [2.45, 2.75) is 0 Å². The molecule has 0 spiro atoms. The van der Waals surface area contributed by atoms with Crippen molar-refractivity contribution in [3.8, 4) is 0 Å². The average molecular weight is 355 g/mol. The van der Waals surface area contributed by atoms with E-state index in [1.54, 1.807) is 0 Å². The summed E-state index contributed by atoms with van der Waals surface area (Å²) in [6.07, 6.45) is 2.48. The third kappa shape index (κ3) is 4.83.